The first-order chi connectivity index (χ1) is 11.9. The van der Waals surface area contributed by atoms with Crippen LogP contribution in [0.25, 0.3) is 0 Å². The van der Waals surface area contributed by atoms with E-state index < -0.39 is 0 Å². The molecule has 0 radical (unpaired) electrons. The predicted octanol–water partition coefficient (Wildman–Crippen LogP) is 3.23. The van der Waals surface area contributed by atoms with Crippen LogP contribution in [0.1, 0.15) is 83.5 Å². The number of aryl methyl sites for hydroxylation is 1. The molecule has 5 nitrogen and oxygen atoms in total. The Morgan fingerprint density at radius 2 is 1.80 bits per heavy atom. The maximum absolute atomic E-state index is 12.8. The highest BCUT2D eigenvalue weighted by molar-refractivity contribution is 6.04. The summed E-state index contributed by atoms with van der Waals surface area (Å²) in [7, 11) is 4.24. The number of carbonyl (C=O) groups is 2. The summed E-state index contributed by atoms with van der Waals surface area (Å²) in [4.78, 5) is 30.5. The lowest BCUT2D eigenvalue weighted by atomic mass is 9.88. The van der Waals surface area contributed by atoms with Crippen LogP contribution in [0.15, 0.2) is 0 Å². The second-order valence-corrected chi connectivity index (χ2v) is 7.97. The first kappa shape index (κ1) is 18.2. The molecule has 2 N–H and O–H groups in total. The number of carbonyl (C=O) groups excluding carboxylic acids is 2. The first-order valence-electron chi connectivity index (χ1n) is 9.65. The Hall–Kier alpha value is -1.62. The SMILES string of the molecule is Cc1c(C(=O)NCC2(N(C)C)CCCCCC2)[nH]c2c1C(=O)CCC2. The molecule has 1 heterocycles. The third kappa shape index (κ3) is 3.52. The Balaban J connectivity index is 1.75. The molecule has 2 aliphatic carbocycles. The van der Waals surface area contributed by atoms with Gasteiger partial charge in [0.25, 0.3) is 5.91 Å². The zero-order valence-electron chi connectivity index (χ0n) is 15.8. The second kappa shape index (κ2) is 7.32. The smallest absolute Gasteiger partial charge is 0.268 e. The van der Waals surface area contributed by atoms with Gasteiger partial charge in [0, 0.05) is 29.8 Å². The second-order valence-electron chi connectivity index (χ2n) is 7.97. The number of rotatable bonds is 4. The maximum Gasteiger partial charge on any atom is 0.268 e. The third-order valence-electron chi connectivity index (χ3n) is 6.23. The van der Waals surface area contributed by atoms with Gasteiger partial charge in [-0.2, -0.15) is 0 Å². The molecule has 1 amide bonds. The fourth-order valence-corrected chi connectivity index (χ4v) is 4.50. The summed E-state index contributed by atoms with van der Waals surface area (Å²) in [6.07, 6.45) is 9.58. The molecule has 25 heavy (non-hydrogen) atoms. The molecule has 1 fully saturated rings. The number of amides is 1. The summed E-state index contributed by atoms with van der Waals surface area (Å²) < 4.78 is 0. The number of nitrogens with zero attached hydrogens (tertiary/aromatic N) is 1. The number of hydrogen-bond donors (Lipinski definition) is 2. The molecular formula is C20H31N3O2. The van der Waals surface area contributed by atoms with Gasteiger partial charge in [0.2, 0.25) is 0 Å². The van der Waals surface area contributed by atoms with E-state index >= 15 is 0 Å². The molecule has 1 aromatic heterocycles. The number of aromatic nitrogens is 1. The van der Waals surface area contributed by atoms with Gasteiger partial charge in [-0.15, -0.1) is 0 Å². The van der Waals surface area contributed by atoms with E-state index in [1.54, 1.807) is 0 Å². The van der Waals surface area contributed by atoms with Crippen molar-refractivity contribution in [1.82, 2.24) is 15.2 Å². The van der Waals surface area contributed by atoms with Crippen molar-refractivity contribution in [2.45, 2.75) is 70.3 Å². The third-order valence-corrected chi connectivity index (χ3v) is 6.23. The van der Waals surface area contributed by atoms with Gasteiger partial charge in [-0.25, -0.2) is 0 Å². The van der Waals surface area contributed by atoms with Crippen LogP contribution in [0.5, 0.6) is 0 Å². The van der Waals surface area contributed by atoms with E-state index in [0.29, 0.717) is 18.7 Å². The Kier molecular flexibility index (Phi) is 5.32. The van der Waals surface area contributed by atoms with Crippen LogP contribution in [0.2, 0.25) is 0 Å². The minimum Gasteiger partial charge on any atom is -0.354 e. The number of likely N-dealkylation sites (N-methyl/N-ethyl adjacent to an activating group) is 1. The normalized spacial score (nSPS) is 20.2. The fraction of sp³-hybridized carbons (Fsp3) is 0.700. The molecule has 1 saturated carbocycles. The van der Waals surface area contributed by atoms with E-state index in [4.69, 9.17) is 0 Å². The summed E-state index contributed by atoms with van der Waals surface area (Å²) in [6, 6.07) is 0. The Labute approximate surface area is 150 Å². The molecule has 1 aromatic rings. The topological polar surface area (TPSA) is 65.2 Å². The van der Waals surface area contributed by atoms with Gasteiger partial charge in [-0.3, -0.25) is 9.59 Å². The lowest BCUT2D eigenvalue weighted by molar-refractivity contribution is 0.0864. The number of fused-ring (bicyclic) bond motifs is 1. The van der Waals surface area contributed by atoms with E-state index in [-0.39, 0.29) is 17.2 Å². The number of nitrogens with one attached hydrogen (secondary N) is 2. The zero-order valence-corrected chi connectivity index (χ0v) is 15.8. The first-order valence-corrected chi connectivity index (χ1v) is 9.65. The van der Waals surface area contributed by atoms with Crippen molar-refractivity contribution in [3.63, 3.8) is 0 Å². The highest BCUT2D eigenvalue weighted by atomic mass is 16.2. The quantitative estimate of drug-likeness (QED) is 0.824. The van der Waals surface area contributed by atoms with Gasteiger partial charge in [0.15, 0.2) is 5.78 Å². The summed E-state index contributed by atoms with van der Waals surface area (Å²) in [5.41, 5.74) is 3.13. The minimum absolute atomic E-state index is 0.0437. The van der Waals surface area contributed by atoms with Crippen LogP contribution in [0.3, 0.4) is 0 Å². The van der Waals surface area contributed by atoms with Gasteiger partial charge in [0.1, 0.15) is 5.69 Å². The standard InChI is InChI=1S/C20H31N3O2/c1-14-17-15(9-8-10-16(17)24)22-18(14)19(25)21-13-20(23(2)3)11-6-4-5-7-12-20/h22H,4-13H2,1-3H3,(H,21,25). The highest BCUT2D eigenvalue weighted by Crippen LogP contribution is 2.31. The van der Waals surface area contributed by atoms with Gasteiger partial charge in [0.05, 0.1) is 0 Å². The number of ketones is 1. The Morgan fingerprint density at radius 1 is 1.12 bits per heavy atom. The van der Waals surface area contributed by atoms with E-state index in [1.165, 1.54) is 25.7 Å². The van der Waals surface area contributed by atoms with Crippen molar-refractivity contribution in [2.24, 2.45) is 0 Å². The molecule has 0 aromatic carbocycles. The largest absolute Gasteiger partial charge is 0.354 e. The van der Waals surface area contributed by atoms with Gasteiger partial charge in [-0.1, -0.05) is 25.7 Å². The van der Waals surface area contributed by atoms with Crippen LogP contribution in [0, 0.1) is 6.92 Å². The van der Waals surface area contributed by atoms with Gasteiger partial charge >= 0.3 is 0 Å². The van der Waals surface area contributed by atoms with E-state index in [9.17, 15) is 9.59 Å². The molecule has 3 rings (SSSR count). The summed E-state index contributed by atoms with van der Waals surface area (Å²) in [5, 5.41) is 3.16. The molecule has 0 saturated heterocycles. The minimum atomic E-state index is -0.0785. The molecule has 0 bridgehead atoms. The van der Waals surface area contributed by atoms with Crippen LogP contribution in [-0.4, -0.2) is 47.8 Å². The number of Topliss-reactive ketones (excluding diaryl/α,β-unsaturated/α-hetero) is 1. The Morgan fingerprint density at radius 3 is 2.40 bits per heavy atom. The van der Waals surface area contributed by atoms with Crippen molar-refractivity contribution in [2.75, 3.05) is 20.6 Å². The number of aromatic amines is 1. The van der Waals surface area contributed by atoms with E-state index in [1.807, 2.05) is 6.92 Å². The number of hydrogen-bond acceptors (Lipinski definition) is 3. The molecule has 0 spiro atoms. The Bertz CT molecular complexity index is 652. The highest BCUT2D eigenvalue weighted by Gasteiger charge is 2.34. The molecule has 5 heteroatoms. The van der Waals surface area contributed by atoms with Crippen LogP contribution in [-0.2, 0) is 6.42 Å². The lowest BCUT2D eigenvalue weighted by Crippen LogP contribution is -2.52. The average Bonchev–Trinajstić information content (AvgIpc) is 2.77. The van der Waals surface area contributed by atoms with E-state index in [2.05, 4.69) is 29.3 Å². The van der Waals surface area contributed by atoms with Crippen molar-refractivity contribution < 1.29 is 9.59 Å². The molecule has 138 valence electrons. The summed E-state index contributed by atoms with van der Waals surface area (Å²) in [6.45, 7) is 2.55. The molecule has 2 aliphatic rings. The van der Waals surface area contributed by atoms with Crippen LogP contribution in [0.4, 0.5) is 0 Å². The number of H-pyrrole nitrogens is 1. The summed E-state index contributed by atoms with van der Waals surface area (Å²) >= 11 is 0. The molecular weight excluding hydrogens is 314 g/mol. The van der Waals surface area contributed by atoms with Crippen molar-refractivity contribution in [3.8, 4) is 0 Å². The predicted molar refractivity (Wildman–Crippen MR) is 99.3 cm³/mol. The maximum atomic E-state index is 12.8. The fourth-order valence-electron chi connectivity index (χ4n) is 4.50. The molecule has 0 aliphatic heterocycles. The van der Waals surface area contributed by atoms with Crippen molar-refractivity contribution >= 4 is 11.7 Å². The van der Waals surface area contributed by atoms with E-state index in [0.717, 1.165) is 42.5 Å². The van der Waals surface area contributed by atoms with Crippen molar-refractivity contribution in [1.29, 1.82) is 0 Å². The molecule has 0 atom stereocenters. The van der Waals surface area contributed by atoms with Crippen LogP contribution < -0.4 is 5.32 Å². The monoisotopic (exact) mass is 345 g/mol. The van der Waals surface area contributed by atoms with Gasteiger partial charge < -0.3 is 15.2 Å². The average molecular weight is 345 g/mol. The lowest BCUT2D eigenvalue weighted by Gasteiger charge is -2.39. The van der Waals surface area contributed by atoms with Gasteiger partial charge in [-0.05, 0) is 52.3 Å². The molecule has 0 unspecified atom stereocenters. The zero-order chi connectivity index (χ0) is 18.0. The summed E-state index contributed by atoms with van der Waals surface area (Å²) in [5.74, 6) is 0.0905. The van der Waals surface area contributed by atoms with Crippen LogP contribution >= 0.6 is 0 Å². The van der Waals surface area contributed by atoms with Crippen molar-refractivity contribution in [3.05, 3.63) is 22.5 Å².